The van der Waals surface area contributed by atoms with Crippen molar-refractivity contribution in [1.29, 1.82) is 0 Å². The molecule has 0 saturated carbocycles. The normalized spacial score (nSPS) is 17.6. The standard InChI is InChI=1S/C19H19ClF3N3OS/c20-16-8-14(19(21,22)23)9-24-18(16)28-12-17(27)25-15-6-7-26(11-15)10-13-4-2-1-3-5-13/h1-5,8-9,15H,6-7,10-12H2,(H,25,27). The molecule has 0 bridgehead atoms. The fourth-order valence-corrected chi connectivity index (χ4v) is 4.03. The first kappa shape index (κ1) is 21.0. The summed E-state index contributed by atoms with van der Waals surface area (Å²) in [5.74, 6) is -0.137. The lowest BCUT2D eigenvalue weighted by Gasteiger charge is -2.16. The minimum Gasteiger partial charge on any atom is -0.351 e. The highest BCUT2D eigenvalue weighted by atomic mass is 35.5. The van der Waals surface area contributed by atoms with Crippen molar-refractivity contribution in [3.05, 3.63) is 58.7 Å². The first-order valence-corrected chi connectivity index (χ1v) is 10.1. The second-order valence-electron chi connectivity index (χ2n) is 6.57. The lowest BCUT2D eigenvalue weighted by atomic mass is 10.2. The van der Waals surface area contributed by atoms with Crippen LogP contribution >= 0.6 is 23.4 Å². The van der Waals surface area contributed by atoms with E-state index in [9.17, 15) is 18.0 Å². The molecule has 1 atom stereocenters. The van der Waals surface area contributed by atoms with Gasteiger partial charge in [-0.2, -0.15) is 13.2 Å². The smallest absolute Gasteiger partial charge is 0.351 e. The average molecular weight is 430 g/mol. The van der Waals surface area contributed by atoms with Gasteiger partial charge in [0, 0.05) is 31.9 Å². The van der Waals surface area contributed by atoms with E-state index in [0.29, 0.717) is 0 Å². The summed E-state index contributed by atoms with van der Waals surface area (Å²) in [4.78, 5) is 18.2. The maximum Gasteiger partial charge on any atom is 0.417 e. The molecule has 0 spiro atoms. The average Bonchev–Trinajstić information content (AvgIpc) is 3.07. The van der Waals surface area contributed by atoms with E-state index in [1.807, 2.05) is 18.2 Å². The second-order valence-corrected chi connectivity index (χ2v) is 7.94. The van der Waals surface area contributed by atoms with Crippen LogP contribution < -0.4 is 5.32 Å². The zero-order valence-corrected chi connectivity index (χ0v) is 16.4. The van der Waals surface area contributed by atoms with Crippen LogP contribution in [-0.4, -0.2) is 40.7 Å². The topological polar surface area (TPSA) is 45.2 Å². The number of alkyl halides is 3. The monoisotopic (exact) mass is 429 g/mol. The third-order valence-electron chi connectivity index (χ3n) is 4.36. The minimum atomic E-state index is -4.49. The van der Waals surface area contributed by atoms with Gasteiger partial charge < -0.3 is 5.32 Å². The van der Waals surface area contributed by atoms with E-state index in [-0.39, 0.29) is 27.8 Å². The molecule has 1 amide bonds. The highest BCUT2D eigenvalue weighted by Crippen LogP contribution is 2.33. The van der Waals surface area contributed by atoms with Crippen molar-refractivity contribution in [2.24, 2.45) is 0 Å². The molecule has 3 rings (SSSR count). The number of halogens is 4. The molecular formula is C19H19ClF3N3OS. The van der Waals surface area contributed by atoms with Gasteiger partial charge in [-0.25, -0.2) is 4.98 Å². The van der Waals surface area contributed by atoms with Crippen LogP contribution in [0, 0.1) is 0 Å². The maximum absolute atomic E-state index is 12.6. The number of aromatic nitrogens is 1. The SMILES string of the molecule is O=C(CSc1ncc(C(F)(F)F)cc1Cl)NC1CCN(Cc2ccccc2)C1. The summed E-state index contributed by atoms with van der Waals surface area (Å²) in [6, 6.07) is 11.0. The van der Waals surface area contributed by atoms with Crippen LogP contribution in [0.15, 0.2) is 47.6 Å². The Morgan fingerprint density at radius 3 is 2.75 bits per heavy atom. The molecule has 1 saturated heterocycles. The van der Waals surface area contributed by atoms with E-state index in [1.54, 1.807) is 0 Å². The van der Waals surface area contributed by atoms with Crippen LogP contribution in [0.2, 0.25) is 5.02 Å². The Morgan fingerprint density at radius 2 is 2.07 bits per heavy atom. The molecule has 1 aliphatic heterocycles. The number of thioether (sulfide) groups is 1. The molecule has 1 aliphatic rings. The number of hydrogen-bond donors (Lipinski definition) is 1. The van der Waals surface area contributed by atoms with Gasteiger partial charge in [0.15, 0.2) is 0 Å². The molecule has 1 fully saturated rings. The zero-order chi connectivity index (χ0) is 20.1. The Bertz CT molecular complexity index is 820. The fourth-order valence-electron chi connectivity index (χ4n) is 3.03. The molecule has 1 unspecified atom stereocenters. The summed E-state index contributed by atoms with van der Waals surface area (Å²) >= 11 is 6.89. The number of carbonyl (C=O) groups is 1. The molecule has 150 valence electrons. The van der Waals surface area contributed by atoms with Crippen LogP contribution in [0.25, 0.3) is 0 Å². The number of benzene rings is 1. The Kier molecular flexibility index (Phi) is 6.85. The number of pyridine rings is 1. The summed E-state index contributed by atoms with van der Waals surface area (Å²) in [6.07, 6.45) is -2.90. The van der Waals surface area contributed by atoms with Gasteiger partial charge in [0.2, 0.25) is 5.91 Å². The fraction of sp³-hybridized carbons (Fsp3) is 0.368. The molecular weight excluding hydrogens is 411 g/mol. The van der Waals surface area contributed by atoms with Crippen molar-refractivity contribution >= 4 is 29.3 Å². The van der Waals surface area contributed by atoms with Gasteiger partial charge in [0.05, 0.1) is 16.3 Å². The highest BCUT2D eigenvalue weighted by Gasteiger charge is 2.31. The van der Waals surface area contributed by atoms with E-state index in [2.05, 4.69) is 27.3 Å². The van der Waals surface area contributed by atoms with E-state index in [0.717, 1.165) is 50.1 Å². The number of rotatable bonds is 6. The predicted molar refractivity (Wildman–Crippen MR) is 103 cm³/mol. The number of nitrogens with one attached hydrogen (secondary N) is 1. The van der Waals surface area contributed by atoms with Crippen LogP contribution in [-0.2, 0) is 17.5 Å². The predicted octanol–water partition coefficient (Wildman–Crippen LogP) is 4.24. The van der Waals surface area contributed by atoms with Gasteiger partial charge in [-0.3, -0.25) is 9.69 Å². The Labute approximate surface area is 170 Å². The van der Waals surface area contributed by atoms with Gasteiger partial charge in [-0.15, -0.1) is 0 Å². The molecule has 9 heteroatoms. The summed E-state index contributed by atoms with van der Waals surface area (Å²) in [7, 11) is 0. The van der Waals surface area contributed by atoms with Crippen molar-refractivity contribution in [2.45, 2.75) is 30.2 Å². The van der Waals surface area contributed by atoms with Gasteiger partial charge in [0.1, 0.15) is 5.03 Å². The summed E-state index contributed by atoms with van der Waals surface area (Å²) in [5, 5.41) is 3.07. The van der Waals surface area contributed by atoms with Crippen LogP contribution in [0.3, 0.4) is 0 Å². The number of nitrogens with zero attached hydrogens (tertiary/aromatic N) is 2. The van der Waals surface area contributed by atoms with E-state index < -0.39 is 11.7 Å². The van der Waals surface area contributed by atoms with Gasteiger partial charge in [-0.05, 0) is 18.1 Å². The Morgan fingerprint density at radius 1 is 1.32 bits per heavy atom. The zero-order valence-electron chi connectivity index (χ0n) is 14.9. The molecule has 28 heavy (non-hydrogen) atoms. The van der Waals surface area contributed by atoms with Gasteiger partial charge in [-0.1, -0.05) is 53.7 Å². The van der Waals surface area contributed by atoms with E-state index >= 15 is 0 Å². The maximum atomic E-state index is 12.6. The first-order chi connectivity index (χ1) is 13.3. The van der Waals surface area contributed by atoms with E-state index in [4.69, 9.17) is 11.6 Å². The summed E-state index contributed by atoms with van der Waals surface area (Å²) in [5.41, 5.74) is 0.323. The van der Waals surface area contributed by atoms with Crippen molar-refractivity contribution in [2.75, 3.05) is 18.8 Å². The Hall–Kier alpha value is -1.77. The minimum absolute atomic E-state index is 0.0489. The molecule has 2 heterocycles. The van der Waals surface area contributed by atoms with Crippen molar-refractivity contribution in [1.82, 2.24) is 15.2 Å². The molecule has 1 aromatic heterocycles. The van der Waals surface area contributed by atoms with E-state index in [1.165, 1.54) is 5.56 Å². The van der Waals surface area contributed by atoms with Crippen LogP contribution in [0.1, 0.15) is 17.5 Å². The number of carbonyl (C=O) groups excluding carboxylic acids is 1. The van der Waals surface area contributed by atoms with Crippen molar-refractivity contribution < 1.29 is 18.0 Å². The second kappa shape index (κ2) is 9.15. The number of amides is 1. The highest BCUT2D eigenvalue weighted by molar-refractivity contribution is 8.00. The molecule has 1 N–H and O–H groups in total. The number of likely N-dealkylation sites (tertiary alicyclic amines) is 1. The van der Waals surface area contributed by atoms with Crippen LogP contribution in [0.4, 0.5) is 13.2 Å². The summed E-state index contributed by atoms with van der Waals surface area (Å²) in [6.45, 7) is 2.51. The summed E-state index contributed by atoms with van der Waals surface area (Å²) < 4.78 is 37.9. The Balaban J connectivity index is 1.45. The molecule has 2 aromatic rings. The molecule has 1 aromatic carbocycles. The van der Waals surface area contributed by atoms with Gasteiger partial charge in [0.25, 0.3) is 0 Å². The molecule has 4 nitrogen and oxygen atoms in total. The first-order valence-electron chi connectivity index (χ1n) is 8.72. The lowest BCUT2D eigenvalue weighted by molar-refractivity contribution is -0.137. The van der Waals surface area contributed by atoms with Crippen LogP contribution in [0.5, 0.6) is 0 Å². The quantitative estimate of drug-likeness (QED) is 0.698. The molecule has 0 radical (unpaired) electrons. The largest absolute Gasteiger partial charge is 0.417 e. The van der Waals surface area contributed by atoms with Gasteiger partial charge >= 0.3 is 6.18 Å². The number of hydrogen-bond acceptors (Lipinski definition) is 4. The molecule has 0 aliphatic carbocycles. The lowest BCUT2D eigenvalue weighted by Crippen LogP contribution is -2.38. The van der Waals surface area contributed by atoms with Crippen molar-refractivity contribution in [3.8, 4) is 0 Å². The third-order valence-corrected chi connectivity index (χ3v) is 5.77. The third kappa shape index (κ3) is 5.86. The van der Waals surface area contributed by atoms with Crippen molar-refractivity contribution in [3.63, 3.8) is 0 Å².